The molecular weight excluding hydrogens is 288 g/mol. The molecule has 1 heterocycles. The Morgan fingerprint density at radius 1 is 1.04 bits per heavy atom. The first-order valence-corrected chi connectivity index (χ1v) is 8.12. The molecule has 114 valence electrons. The highest BCUT2D eigenvalue weighted by Crippen LogP contribution is 2.50. The molecule has 3 nitrogen and oxygen atoms in total. The molecule has 0 spiro atoms. The molecule has 0 amide bonds. The lowest BCUT2D eigenvalue weighted by Gasteiger charge is -2.40. The maximum Gasteiger partial charge on any atom is 0.186 e. The predicted molar refractivity (Wildman–Crippen MR) is 85.1 cm³/mol. The van der Waals surface area contributed by atoms with E-state index in [4.69, 9.17) is 4.42 Å². The third-order valence-corrected chi connectivity index (χ3v) is 5.72. The van der Waals surface area contributed by atoms with Gasteiger partial charge in [0, 0.05) is 28.5 Å². The molecule has 1 aromatic heterocycles. The Labute approximate surface area is 134 Å². The summed E-state index contributed by atoms with van der Waals surface area (Å²) < 4.78 is 5.84. The van der Waals surface area contributed by atoms with Crippen LogP contribution in [0, 0.1) is 0 Å². The van der Waals surface area contributed by atoms with Crippen LogP contribution in [0.25, 0.3) is 0 Å². The summed E-state index contributed by atoms with van der Waals surface area (Å²) in [4.78, 5) is 24.4. The summed E-state index contributed by atoms with van der Waals surface area (Å²) in [5.41, 5.74) is 5.92. The molecule has 5 rings (SSSR count). The summed E-state index contributed by atoms with van der Waals surface area (Å²) in [6.45, 7) is 2.25. The number of rotatable bonds is 0. The molecule has 0 aliphatic heterocycles. The second-order valence-electron chi connectivity index (χ2n) is 7.04. The fraction of sp³-hybridized carbons (Fsp3) is 0.300. The van der Waals surface area contributed by atoms with E-state index in [2.05, 4.69) is 6.92 Å². The summed E-state index contributed by atoms with van der Waals surface area (Å²) >= 11 is 0. The highest BCUT2D eigenvalue weighted by Gasteiger charge is 2.43. The molecule has 0 saturated carbocycles. The van der Waals surface area contributed by atoms with Gasteiger partial charge in [0.25, 0.3) is 0 Å². The monoisotopic (exact) mass is 304 g/mol. The molecule has 23 heavy (non-hydrogen) atoms. The van der Waals surface area contributed by atoms with Crippen molar-refractivity contribution in [2.75, 3.05) is 0 Å². The molecule has 3 aliphatic rings. The molecule has 2 aromatic rings. The van der Waals surface area contributed by atoms with Gasteiger partial charge in [0.05, 0.1) is 6.26 Å². The third-order valence-electron chi connectivity index (χ3n) is 5.72. The van der Waals surface area contributed by atoms with Crippen LogP contribution in [-0.2, 0) is 18.3 Å². The van der Waals surface area contributed by atoms with Crippen LogP contribution in [0.2, 0.25) is 0 Å². The summed E-state index contributed by atoms with van der Waals surface area (Å²) in [5, 5.41) is 0. The van der Waals surface area contributed by atoms with Crippen LogP contribution in [0.1, 0.15) is 68.5 Å². The van der Waals surface area contributed by atoms with Crippen LogP contribution in [0.3, 0.4) is 0 Å². The smallest absolute Gasteiger partial charge is 0.186 e. The molecule has 3 aliphatic carbocycles. The van der Waals surface area contributed by atoms with Gasteiger partial charge in [-0.2, -0.15) is 0 Å². The molecule has 3 heteroatoms. The number of aryl methyl sites for hydroxylation is 1. The Kier molecular flexibility index (Phi) is 2.33. The van der Waals surface area contributed by atoms with E-state index in [9.17, 15) is 9.59 Å². The van der Waals surface area contributed by atoms with Gasteiger partial charge in [0.1, 0.15) is 5.76 Å². The van der Waals surface area contributed by atoms with Crippen molar-refractivity contribution in [2.45, 2.75) is 38.0 Å². The maximum absolute atomic E-state index is 12.2. The van der Waals surface area contributed by atoms with Gasteiger partial charge in [-0.1, -0.05) is 6.92 Å². The Bertz CT molecular complexity index is 929. The summed E-state index contributed by atoms with van der Waals surface area (Å²) in [7, 11) is 0. The number of hydrogen-bond acceptors (Lipinski definition) is 3. The molecule has 0 N–H and O–H groups in total. The Balaban J connectivity index is 1.81. The second kappa shape index (κ2) is 4.10. The molecule has 1 aromatic carbocycles. The van der Waals surface area contributed by atoms with Gasteiger partial charge in [-0.05, 0) is 60.2 Å². The largest absolute Gasteiger partial charge is 0.468 e. The second-order valence-corrected chi connectivity index (χ2v) is 7.04. The zero-order valence-electron chi connectivity index (χ0n) is 12.9. The van der Waals surface area contributed by atoms with Crippen molar-refractivity contribution < 1.29 is 14.0 Å². The van der Waals surface area contributed by atoms with Gasteiger partial charge in [-0.25, -0.2) is 0 Å². The lowest BCUT2D eigenvalue weighted by atomic mass is 9.62. The van der Waals surface area contributed by atoms with E-state index in [1.807, 2.05) is 18.4 Å². The quantitative estimate of drug-likeness (QED) is 0.744. The van der Waals surface area contributed by atoms with Crippen molar-refractivity contribution in [3.8, 4) is 0 Å². The minimum Gasteiger partial charge on any atom is -0.468 e. The van der Waals surface area contributed by atoms with E-state index in [0.29, 0.717) is 17.5 Å². The zero-order valence-corrected chi connectivity index (χ0v) is 12.9. The Morgan fingerprint density at radius 2 is 1.78 bits per heavy atom. The van der Waals surface area contributed by atoms with E-state index in [1.165, 1.54) is 28.8 Å². The van der Waals surface area contributed by atoms with E-state index >= 15 is 0 Å². The number of hydrogen-bond donors (Lipinski definition) is 0. The van der Waals surface area contributed by atoms with Gasteiger partial charge >= 0.3 is 0 Å². The molecule has 0 fully saturated rings. The number of allylic oxidation sites excluding steroid dienone is 2. The van der Waals surface area contributed by atoms with Crippen molar-refractivity contribution in [1.82, 2.24) is 0 Å². The van der Waals surface area contributed by atoms with Gasteiger partial charge in [0.2, 0.25) is 0 Å². The number of carbonyl (C=O) groups excluding carboxylic acids is 2. The summed E-state index contributed by atoms with van der Waals surface area (Å²) in [5.74, 6) is 0.877. The molecule has 1 atom stereocenters. The molecule has 0 radical (unpaired) electrons. The zero-order chi connectivity index (χ0) is 15.8. The Hall–Kier alpha value is -2.42. The van der Waals surface area contributed by atoms with Crippen molar-refractivity contribution in [3.63, 3.8) is 0 Å². The molecule has 0 bridgehead atoms. The van der Waals surface area contributed by atoms with Gasteiger partial charge in [-0.3, -0.25) is 9.59 Å². The van der Waals surface area contributed by atoms with Crippen molar-refractivity contribution in [3.05, 3.63) is 69.7 Å². The fourth-order valence-corrected chi connectivity index (χ4v) is 4.66. The lowest BCUT2D eigenvalue weighted by molar-refractivity contribution is 0.0994. The van der Waals surface area contributed by atoms with Gasteiger partial charge in [0.15, 0.2) is 11.6 Å². The minimum absolute atomic E-state index is 0.0694. The van der Waals surface area contributed by atoms with Crippen LogP contribution in [-0.4, -0.2) is 11.6 Å². The van der Waals surface area contributed by atoms with Crippen molar-refractivity contribution >= 4 is 11.6 Å². The molecular formula is C20H16O3. The number of fused-ring (bicyclic) bond motifs is 3. The minimum atomic E-state index is -0.108. The lowest BCUT2D eigenvalue weighted by Crippen LogP contribution is -2.34. The number of furan rings is 1. The third kappa shape index (κ3) is 1.55. The number of benzene rings is 1. The maximum atomic E-state index is 12.2. The van der Waals surface area contributed by atoms with Crippen LogP contribution in [0.4, 0.5) is 0 Å². The van der Waals surface area contributed by atoms with Crippen molar-refractivity contribution in [1.29, 1.82) is 0 Å². The predicted octanol–water partition coefficient (Wildman–Crippen LogP) is 3.76. The van der Waals surface area contributed by atoms with E-state index < -0.39 is 0 Å². The average molecular weight is 304 g/mol. The fourth-order valence-electron chi connectivity index (χ4n) is 4.66. The van der Waals surface area contributed by atoms with Crippen LogP contribution >= 0.6 is 0 Å². The van der Waals surface area contributed by atoms with Crippen LogP contribution < -0.4 is 0 Å². The normalized spacial score (nSPS) is 24.2. The van der Waals surface area contributed by atoms with Gasteiger partial charge in [-0.15, -0.1) is 0 Å². The van der Waals surface area contributed by atoms with Crippen LogP contribution in [0.5, 0.6) is 0 Å². The number of carbonyl (C=O) groups is 2. The summed E-state index contributed by atoms with van der Waals surface area (Å²) in [6.07, 6.45) is 8.60. The first-order chi connectivity index (χ1) is 11.1. The standard InChI is InChI=1S/C20H16O3/c1-20-6-2-3-11-10-23-18(19(11)20)8-12-7-13-14(9-15(12)20)17(22)5-4-16(13)21/h4-5,7,9-10H,2-3,6,8H2,1H3/t20-/m0/s1. The molecule has 0 unspecified atom stereocenters. The van der Waals surface area contributed by atoms with Crippen LogP contribution in [0.15, 0.2) is 35.0 Å². The van der Waals surface area contributed by atoms with Gasteiger partial charge < -0.3 is 4.42 Å². The highest BCUT2D eigenvalue weighted by atomic mass is 16.3. The van der Waals surface area contributed by atoms with E-state index in [-0.39, 0.29) is 17.0 Å². The highest BCUT2D eigenvalue weighted by molar-refractivity contribution is 6.22. The van der Waals surface area contributed by atoms with E-state index in [0.717, 1.165) is 30.6 Å². The van der Waals surface area contributed by atoms with E-state index in [1.54, 1.807) is 0 Å². The Morgan fingerprint density at radius 3 is 2.57 bits per heavy atom. The summed E-state index contributed by atoms with van der Waals surface area (Å²) in [6, 6.07) is 3.89. The van der Waals surface area contributed by atoms with Crippen molar-refractivity contribution in [2.24, 2.45) is 0 Å². The first kappa shape index (κ1) is 13.1. The average Bonchev–Trinajstić information content (AvgIpc) is 2.95. The number of ketones is 2. The first-order valence-electron chi connectivity index (χ1n) is 8.12. The molecule has 0 saturated heterocycles. The SMILES string of the molecule is C[C@@]12CCCc3coc(c31)Cc1cc3c(cc12)C(=O)C=CC3=O. The topological polar surface area (TPSA) is 47.3 Å².